The minimum Gasteiger partial charge on any atom is -0.477 e. The van der Waals surface area contributed by atoms with E-state index < -0.39 is 5.91 Å². The van der Waals surface area contributed by atoms with Gasteiger partial charge in [0.25, 0.3) is 5.91 Å². The van der Waals surface area contributed by atoms with Crippen LogP contribution in [0, 0.1) is 5.82 Å². The molecule has 180 valence electrons. The van der Waals surface area contributed by atoms with E-state index in [0.29, 0.717) is 36.2 Å². The summed E-state index contributed by atoms with van der Waals surface area (Å²) in [5, 5.41) is 10.8. The number of benzene rings is 1. The summed E-state index contributed by atoms with van der Waals surface area (Å²) in [6, 6.07) is 8.16. The first-order valence-electron chi connectivity index (χ1n) is 10.9. The van der Waals surface area contributed by atoms with Gasteiger partial charge in [0.05, 0.1) is 31.9 Å². The quantitative estimate of drug-likeness (QED) is 0.334. The Morgan fingerprint density at radius 3 is 2.85 bits per heavy atom. The number of thioether (sulfide) groups is 1. The number of quaternary nitrogens is 1. The number of carbonyl (C=O) groups excluding carboxylic acids is 1. The van der Waals surface area contributed by atoms with Gasteiger partial charge < -0.3 is 19.0 Å². The Morgan fingerprint density at radius 1 is 1.32 bits per heavy atom. The molecule has 2 aromatic heterocycles. The molecule has 0 radical (unpaired) electrons. The second-order valence-electron chi connectivity index (χ2n) is 7.58. The van der Waals surface area contributed by atoms with Crippen LogP contribution in [0.15, 0.2) is 50.1 Å². The van der Waals surface area contributed by atoms with Crippen molar-refractivity contribution in [1.29, 1.82) is 0 Å². The van der Waals surface area contributed by atoms with Crippen molar-refractivity contribution in [2.45, 2.75) is 17.8 Å². The smallest absolute Gasteiger partial charge is 0.264 e. The van der Waals surface area contributed by atoms with Crippen LogP contribution in [0.4, 0.5) is 15.2 Å². The minimum absolute atomic E-state index is 0.0298. The van der Waals surface area contributed by atoms with Gasteiger partial charge in [-0.25, -0.2) is 4.39 Å². The first kappa shape index (κ1) is 24.2. The van der Waals surface area contributed by atoms with E-state index in [-0.39, 0.29) is 23.6 Å². The molecule has 0 aliphatic carbocycles. The fraction of sp³-hybridized carbons (Fsp3) is 0.364. The summed E-state index contributed by atoms with van der Waals surface area (Å²) >= 11 is 2.82. The molecule has 1 aliphatic rings. The highest BCUT2D eigenvalue weighted by molar-refractivity contribution is 8.01. The molecule has 2 N–H and O–H groups in total. The molecule has 3 aromatic rings. The fourth-order valence-electron chi connectivity index (χ4n) is 3.57. The molecule has 1 fully saturated rings. The van der Waals surface area contributed by atoms with Crippen LogP contribution in [0.1, 0.15) is 12.7 Å². The summed E-state index contributed by atoms with van der Waals surface area (Å²) in [5.74, 6) is 0.710. The van der Waals surface area contributed by atoms with Crippen molar-refractivity contribution in [2.24, 2.45) is 0 Å². The highest BCUT2D eigenvalue weighted by Gasteiger charge is 2.23. The van der Waals surface area contributed by atoms with E-state index in [4.69, 9.17) is 9.15 Å². The highest BCUT2D eigenvalue weighted by atomic mass is 32.2. The number of hydrogen-bond acceptors (Lipinski definition) is 9. The van der Waals surface area contributed by atoms with E-state index in [9.17, 15) is 14.0 Å². The van der Waals surface area contributed by atoms with Crippen molar-refractivity contribution < 1.29 is 23.2 Å². The van der Waals surface area contributed by atoms with Crippen LogP contribution in [-0.2, 0) is 11.3 Å². The van der Waals surface area contributed by atoms with E-state index in [0.717, 1.165) is 23.2 Å². The lowest BCUT2D eigenvalue weighted by molar-refractivity contribution is -0.915. The number of para-hydroxylation sites is 1. The number of rotatable bonds is 9. The lowest BCUT2D eigenvalue weighted by Gasteiger charge is -2.33. The molecular weight excluding hydrogens is 481 g/mol. The van der Waals surface area contributed by atoms with Gasteiger partial charge in [-0.3, -0.25) is 14.9 Å². The molecule has 1 saturated heterocycles. The van der Waals surface area contributed by atoms with E-state index in [1.807, 2.05) is 17.9 Å². The molecular formula is C22H25FN5O4S2+. The predicted molar refractivity (Wildman–Crippen MR) is 128 cm³/mol. The highest BCUT2D eigenvalue weighted by Crippen LogP contribution is 2.24. The lowest BCUT2D eigenvalue weighted by atomic mass is 10.2. The summed E-state index contributed by atoms with van der Waals surface area (Å²) in [4.78, 5) is 27.7. The maximum Gasteiger partial charge on any atom is 0.264 e. The molecule has 34 heavy (non-hydrogen) atoms. The zero-order chi connectivity index (χ0) is 23.9. The van der Waals surface area contributed by atoms with Gasteiger partial charge in [0.15, 0.2) is 16.7 Å². The summed E-state index contributed by atoms with van der Waals surface area (Å²) in [6.07, 6.45) is 1.24. The van der Waals surface area contributed by atoms with Crippen molar-refractivity contribution in [2.75, 3.05) is 48.8 Å². The van der Waals surface area contributed by atoms with Crippen molar-refractivity contribution >= 4 is 39.8 Å². The molecule has 3 heterocycles. The maximum absolute atomic E-state index is 14.0. The number of ether oxygens (including phenoxy) is 1. The summed E-state index contributed by atoms with van der Waals surface area (Å²) in [5.41, 5.74) is 0.265. The lowest BCUT2D eigenvalue weighted by Crippen LogP contribution is -3.13. The fourth-order valence-corrected chi connectivity index (χ4v) is 5.24. The number of aromatic nitrogens is 2. The van der Waals surface area contributed by atoms with Gasteiger partial charge in [-0.05, 0) is 17.9 Å². The zero-order valence-electron chi connectivity index (χ0n) is 18.6. The van der Waals surface area contributed by atoms with Crippen LogP contribution >= 0.6 is 23.1 Å². The molecule has 12 heteroatoms. The molecule has 1 amide bonds. The number of amides is 1. The molecule has 0 bridgehead atoms. The Kier molecular flexibility index (Phi) is 8.14. The second-order valence-corrected chi connectivity index (χ2v) is 10.1. The number of hydrogen-bond donors (Lipinski definition) is 2. The summed E-state index contributed by atoms with van der Waals surface area (Å²) in [7, 11) is 0. The Labute approximate surface area is 203 Å². The largest absolute Gasteiger partial charge is 0.477 e. The average Bonchev–Trinajstić information content (AvgIpc) is 3.26. The third-order valence-electron chi connectivity index (χ3n) is 5.22. The molecule has 1 aliphatic heterocycles. The molecule has 0 saturated carbocycles. The molecule has 1 aromatic carbocycles. The second kappa shape index (κ2) is 11.4. The standard InChI is InChI=1S/C22H24FN5O4S2/c1-2-33-22-26-25-21(34-22)24-20(30)14-32-19-13-31-15(11-18(19)29)12-27-7-9-28(10-8-27)17-6-4-3-5-16(17)23/h3-6,11,13H,2,7-10,12,14H2,1H3,(H,24,25,30)/p+1. The monoisotopic (exact) mass is 506 g/mol. The topological polar surface area (TPSA) is 102 Å². The van der Waals surface area contributed by atoms with Gasteiger partial charge in [-0.2, -0.15) is 0 Å². The maximum atomic E-state index is 14.0. The van der Waals surface area contributed by atoms with Gasteiger partial charge in [0.1, 0.15) is 18.6 Å². The van der Waals surface area contributed by atoms with Crippen LogP contribution in [0.2, 0.25) is 0 Å². The van der Waals surface area contributed by atoms with Gasteiger partial charge in [-0.15, -0.1) is 10.2 Å². The Hall–Kier alpha value is -2.96. The van der Waals surface area contributed by atoms with Crippen LogP contribution in [0.25, 0.3) is 0 Å². The number of piperazine rings is 1. The Bertz CT molecular complexity index is 1180. The third kappa shape index (κ3) is 6.33. The first-order valence-corrected chi connectivity index (χ1v) is 12.7. The number of anilines is 2. The zero-order valence-corrected chi connectivity index (χ0v) is 20.2. The third-order valence-corrected chi connectivity index (χ3v) is 7.07. The predicted octanol–water partition coefficient (Wildman–Crippen LogP) is 1.66. The van der Waals surface area contributed by atoms with Gasteiger partial charge in [-0.1, -0.05) is 42.2 Å². The van der Waals surface area contributed by atoms with Gasteiger partial charge in [0, 0.05) is 6.07 Å². The molecule has 0 unspecified atom stereocenters. The van der Waals surface area contributed by atoms with Crippen LogP contribution in [-0.4, -0.2) is 54.6 Å². The molecule has 9 nitrogen and oxygen atoms in total. The number of carbonyl (C=O) groups is 1. The average molecular weight is 507 g/mol. The van der Waals surface area contributed by atoms with E-state index in [1.165, 1.54) is 46.4 Å². The molecule has 0 atom stereocenters. The van der Waals surface area contributed by atoms with Crippen molar-refractivity contribution in [3.63, 3.8) is 0 Å². The van der Waals surface area contributed by atoms with Crippen molar-refractivity contribution in [1.82, 2.24) is 10.2 Å². The minimum atomic E-state index is -0.440. The molecule has 4 rings (SSSR count). The summed E-state index contributed by atoms with van der Waals surface area (Å²) in [6.45, 7) is 5.21. The normalized spacial score (nSPS) is 14.2. The van der Waals surface area contributed by atoms with E-state index in [1.54, 1.807) is 12.1 Å². The Balaban J connectivity index is 1.25. The number of nitrogens with zero attached hydrogens (tertiary/aromatic N) is 3. The number of halogens is 1. The van der Waals surface area contributed by atoms with Crippen LogP contribution in [0.3, 0.4) is 0 Å². The van der Waals surface area contributed by atoms with E-state index in [2.05, 4.69) is 15.5 Å². The van der Waals surface area contributed by atoms with Crippen LogP contribution < -0.4 is 25.3 Å². The SMILES string of the molecule is CCSc1nnc(NC(=O)COc2coc(C[NH+]3CCN(c4ccccc4F)CC3)cc2=O)s1. The van der Waals surface area contributed by atoms with Crippen LogP contribution in [0.5, 0.6) is 5.75 Å². The number of nitrogens with one attached hydrogen (secondary N) is 2. The Morgan fingerprint density at radius 2 is 2.12 bits per heavy atom. The summed E-state index contributed by atoms with van der Waals surface area (Å²) < 4.78 is 25.7. The van der Waals surface area contributed by atoms with E-state index >= 15 is 0 Å². The van der Waals surface area contributed by atoms with Crippen molar-refractivity contribution in [3.8, 4) is 5.75 Å². The first-order chi connectivity index (χ1) is 16.5. The van der Waals surface area contributed by atoms with Gasteiger partial charge >= 0.3 is 0 Å². The van der Waals surface area contributed by atoms with Gasteiger partial charge in [0.2, 0.25) is 16.3 Å². The van der Waals surface area contributed by atoms with Crippen molar-refractivity contribution in [3.05, 3.63) is 58.4 Å². The molecule has 0 spiro atoms.